The van der Waals surface area contributed by atoms with Crippen molar-refractivity contribution in [2.45, 2.75) is 13.5 Å². The van der Waals surface area contributed by atoms with Gasteiger partial charge in [0.2, 0.25) is 0 Å². The molecule has 0 saturated heterocycles. The van der Waals surface area contributed by atoms with Gasteiger partial charge in [0.05, 0.1) is 6.61 Å². The monoisotopic (exact) mass is 316 g/mol. The lowest BCUT2D eigenvalue weighted by Gasteiger charge is -2.00. The molecule has 0 spiro atoms. The minimum Gasteiger partial charge on any atom is -0.456 e. The summed E-state index contributed by atoms with van der Waals surface area (Å²) in [6, 6.07) is 18.6. The Kier molecular flexibility index (Phi) is 2.91. The molecule has 0 N–H and O–H groups in total. The second kappa shape index (κ2) is 5.11. The van der Waals surface area contributed by atoms with Gasteiger partial charge in [-0.2, -0.15) is 0 Å². The van der Waals surface area contributed by atoms with Gasteiger partial charge in [-0.15, -0.1) is 0 Å². The van der Waals surface area contributed by atoms with Gasteiger partial charge in [0.1, 0.15) is 22.3 Å². The van der Waals surface area contributed by atoms with Gasteiger partial charge < -0.3 is 13.6 Å². The standard InChI is InChI=1S/C21H16O3/c1-2-22-12-13-7-8-15-17-10-16-14-5-3-4-6-18(14)23-20(16)11-21(17)24-19(15)9-13/h3-11H,2,12H2,1H3. The molecule has 118 valence electrons. The zero-order valence-corrected chi connectivity index (χ0v) is 13.3. The molecular weight excluding hydrogens is 300 g/mol. The second-order valence-corrected chi connectivity index (χ2v) is 6.01. The molecular formula is C21H16O3. The van der Waals surface area contributed by atoms with Crippen LogP contribution in [-0.2, 0) is 11.3 Å². The fourth-order valence-corrected chi connectivity index (χ4v) is 3.35. The fraction of sp³-hybridized carbons (Fsp3) is 0.143. The molecule has 0 fully saturated rings. The van der Waals surface area contributed by atoms with Crippen molar-refractivity contribution >= 4 is 43.9 Å². The number of hydrogen-bond donors (Lipinski definition) is 0. The summed E-state index contributed by atoms with van der Waals surface area (Å²) in [5, 5.41) is 4.50. The van der Waals surface area contributed by atoms with Crippen LogP contribution in [0.5, 0.6) is 0 Å². The number of para-hydroxylation sites is 1. The van der Waals surface area contributed by atoms with Crippen LogP contribution in [0.2, 0.25) is 0 Å². The van der Waals surface area contributed by atoms with Crippen LogP contribution in [0.3, 0.4) is 0 Å². The molecule has 0 aliphatic rings. The molecule has 0 radical (unpaired) electrons. The Morgan fingerprint density at radius 2 is 1.42 bits per heavy atom. The van der Waals surface area contributed by atoms with Gasteiger partial charge in [-0.1, -0.05) is 30.3 Å². The molecule has 3 heteroatoms. The number of furan rings is 2. The van der Waals surface area contributed by atoms with E-state index in [1.54, 1.807) is 0 Å². The van der Waals surface area contributed by atoms with Crippen LogP contribution in [0.15, 0.2) is 63.4 Å². The van der Waals surface area contributed by atoms with Crippen molar-refractivity contribution in [3.63, 3.8) is 0 Å². The van der Waals surface area contributed by atoms with E-state index in [2.05, 4.69) is 30.3 Å². The minimum absolute atomic E-state index is 0.608. The molecule has 3 nitrogen and oxygen atoms in total. The van der Waals surface area contributed by atoms with Crippen LogP contribution in [0.1, 0.15) is 12.5 Å². The Bertz CT molecular complexity index is 1190. The third kappa shape index (κ3) is 1.95. The smallest absolute Gasteiger partial charge is 0.139 e. The maximum Gasteiger partial charge on any atom is 0.139 e. The SMILES string of the molecule is CCOCc1ccc2c(c1)oc1cc3oc4ccccc4c3cc12. The van der Waals surface area contributed by atoms with Crippen molar-refractivity contribution in [3.8, 4) is 0 Å². The maximum atomic E-state index is 6.06. The highest BCUT2D eigenvalue weighted by Crippen LogP contribution is 2.36. The quantitative estimate of drug-likeness (QED) is 0.408. The van der Waals surface area contributed by atoms with Crippen LogP contribution in [0.4, 0.5) is 0 Å². The molecule has 5 rings (SSSR count). The Morgan fingerprint density at radius 1 is 0.708 bits per heavy atom. The minimum atomic E-state index is 0.608. The Labute approximate surface area is 138 Å². The molecule has 0 aliphatic heterocycles. The molecule has 0 unspecified atom stereocenters. The summed E-state index contributed by atoms with van der Waals surface area (Å²) in [4.78, 5) is 0. The molecule has 2 heterocycles. The van der Waals surface area contributed by atoms with Crippen molar-refractivity contribution in [1.29, 1.82) is 0 Å². The predicted octanol–water partition coefficient (Wildman–Crippen LogP) is 6.02. The molecule has 24 heavy (non-hydrogen) atoms. The van der Waals surface area contributed by atoms with E-state index in [1.807, 2.05) is 31.2 Å². The first-order valence-corrected chi connectivity index (χ1v) is 8.17. The van der Waals surface area contributed by atoms with Crippen molar-refractivity contribution in [1.82, 2.24) is 0 Å². The van der Waals surface area contributed by atoms with E-state index < -0.39 is 0 Å². The molecule has 0 bridgehead atoms. The predicted molar refractivity (Wildman–Crippen MR) is 96.3 cm³/mol. The third-order valence-corrected chi connectivity index (χ3v) is 4.51. The zero-order chi connectivity index (χ0) is 16.1. The van der Waals surface area contributed by atoms with Gasteiger partial charge in [0, 0.05) is 34.2 Å². The first-order chi connectivity index (χ1) is 11.8. The lowest BCUT2D eigenvalue weighted by molar-refractivity contribution is 0.134. The van der Waals surface area contributed by atoms with Crippen LogP contribution < -0.4 is 0 Å². The molecule has 3 aromatic carbocycles. The van der Waals surface area contributed by atoms with Crippen LogP contribution in [-0.4, -0.2) is 6.61 Å². The summed E-state index contributed by atoms with van der Waals surface area (Å²) in [6.07, 6.45) is 0. The average molecular weight is 316 g/mol. The summed E-state index contributed by atoms with van der Waals surface area (Å²) in [5.41, 5.74) is 4.63. The molecule has 0 amide bonds. The highest BCUT2D eigenvalue weighted by molar-refractivity contribution is 6.15. The Morgan fingerprint density at radius 3 is 2.25 bits per heavy atom. The highest BCUT2D eigenvalue weighted by Gasteiger charge is 2.13. The number of rotatable bonds is 3. The normalized spacial score (nSPS) is 12.0. The van der Waals surface area contributed by atoms with Gasteiger partial charge in [0.15, 0.2) is 0 Å². The zero-order valence-electron chi connectivity index (χ0n) is 13.3. The van der Waals surface area contributed by atoms with E-state index in [1.165, 1.54) is 0 Å². The van der Waals surface area contributed by atoms with Gasteiger partial charge in [-0.3, -0.25) is 0 Å². The largest absolute Gasteiger partial charge is 0.456 e. The average Bonchev–Trinajstić information content (AvgIpc) is 3.14. The van der Waals surface area contributed by atoms with Gasteiger partial charge >= 0.3 is 0 Å². The van der Waals surface area contributed by atoms with Crippen LogP contribution >= 0.6 is 0 Å². The third-order valence-electron chi connectivity index (χ3n) is 4.51. The summed E-state index contributed by atoms with van der Waals surface area (Å²) < 4.78 is 17.5. The van der Waals surface area contributed by atoms with E-state index >= 15 is 0 Å². The van der Waals surface area contributed by atoms with E-state index in [0.717, 1.165) is 49.4 Å². The molecule has 2 aromatic heterocycles. The van der Waals surface area contributed by atoms with Gasteiger partial charge in [0.25, 0.3) is 0 Å². The summed E-state index contributed by atoms with van der Waals surface area (Å²) in [7, 11) is 0. The molecule has 0 saturated carbocycles. The summed E-state index contributed by atoms with van der Waals surface area (Å²) in [6.45, 7) is 3.32. The van der Waals surface area contributed by atoms with Gasteiger partial charge in [-0.05, 0) is 30.7 Å². The summed E-state index contributed by atoms with van der Waals surface area (Å²) in [5.74, 6) is 0. The van der Waals surface area contributed by atoms with E-state index in [-0.39, 0.29) is 0 Å². The Balaban J connectivity index is 1.78. The van der Waals surface area contributed by atoms with Crippen LogP contribution in [0, 0.1) is 0 Å². The van der Waals surface area contributed by atoms with E-state index in [4.69, 9.17) is 13.6 Å². The number of benzene rings is 3. The lowest BCUT2D eigenvalue weighted by atomic mass is 10.1. The van der Waals surface area contributed by atoms with Crippen molar-refractivity contribution in [3.05, 3.63) is 60.2 Å². The maximum absolute atomic E-state index is 6.06. The number of hydrogen-bond acceptors (Lipinski definition) is 3. The summed E-state index contributed by atoms with van der Waals surface area (Å²) >= 11 is 0. The lowest BCUT2D eigenvalue weighted by Crippen LogP contribution is -1.90. The van der Waals surface area contributed by atoms with Crippen LogP contribution in [0.25, 0.3) is 43.9 Å². The first kappa shape index (κ1) is 13.6. The fourth-order valence-electron chi connectivity index (χ4n) is 3.35. The van der Waals surface area contributed by atoms with Crippen molar-refractivity contribution < 1.29 is 13.6 Å². The Hall–Kier alpha value is -2.78. The number of fused-ring (bicyclic) bond motifs is 6. The topological polar surface area (TPSA) is 35.5 Å². The molecule has 0 atom stereocenters. The molecule has 0 aliphatic carbocycles. The van der Waals surface area contributed by atoms with E-state index in [0.29, 0.717) is 13.2 Å². The second-order valence-electron chi connectivity index (χ2n) is 6.01. The van der Waals surface area contributed by atoms with Gasteiger partial charge in [-0.25, -0.2) is 0 Å². The molecule has 5 aromatic rings. The van der Waals surface area contributed by atoms with E-state index in [9.17, 15) is 0 Å². The highest BCUT2D eigenvalue weighted by atomic mass is 16.5. The van der Waals surface area contributed by atoms with Crippen molar-refractivity contribution in [2.75, 3.05) is 6.61 Å². The first-order valence-electron chi connectivity index (χ1n) is 8.17. The van der Waals surface area contributed by atoms with Crippen molar-refractivity contribution in [2.24, 2.45) is 0 Å². The number of ether oxygens (including phenoxy) is 1.